The molecule has 0 radical (unpaired) electrons. The van der Waals surface area contributed by atoms with Crippen molar-refractivity contribution in [2.75, 3.05) is 27.8 Å². The molecule has 0 spiro atoms. The standard InChI is InChI=1S/C11H17NO3/c1-13-9-6-8(4-5-12)7-10(14-2)11(9)15-3/h6-7H,4-5,12H2,1-3H3/i3D3,4D2,5D2. The molecular weight excluding hydrogens is 194 g/mol. The minimum atomic E-state index is -2.76. The molecule has 0 saturated heterocycles. The summed E-state index contributed by atoms with van der Waals surface area (Å²) in [5, 5.41) is 0. The Hall–Kier alpha value is -1.42. The number of aryl methyl sites for hydroxylation is 1. The summed E-state index contributed by atoms with van der Waals surface area (Å²) in [6.45, 7) is -2.67. The molecule has 0 aliphatic carbocycles. The van der Waals surface area contributed by atoms with E-state index in [2.05, 4.69) is 0 Å². The summed E-state index contributed by atoms with van der Waals surface area (Å²) in [6.07, 6.45) is -2.56. The Kier molecular flexibility index (Phi) is 1.85. The van der Waals surface area contributed by atoms with Gasteiger partial charge >= 0.3 is 0 Å². The molecule has 0 atom stereocenters. The van der Waals surface area contributed by atoms with Gasteiger partial charge in [0, 0.05) is 5.48 Å². The van der Waals surface area contributed by atoms with E-state index in [0.717, 1.165) is 12.1 Å². The highest BCUT2D eigenvalue weighted by molar-refractivity contribution is 5.53. The largest absolute Gasteiger partial charge is 0.493 e. The van der Waals surface area contributed by atoms with Crippen LogP contribution in [-0.2, 0) is 6.37 Å². The average molecular weight is 218 g/mol. The molecule has 4 nitrogen and oxygen atoms in total. The van der Waals surface area contributed by atoms with Gasteiger partial charge in [-0.15, -0.1) is 0 Å². The molecule has 15 heavy (non-hydrogen) atoms. The molecule has 1 rings (SSSR count). The number of rotatable bonds is 5. The van der Waals surface area contributed by atoms with Crippen LogP contribution >= 0.6 is 0 Å². The van der Waals surface area contributed by atoms with E-state index >= 15 is 0 Å². The van der Waals surface area contributed by atoms with Gasteiger partial charge in [0.05, 0.1) is 25.4 Å². The van der Waals surface area contributed by atoms with Gasteiger partial charge in [0.2, 0.25) is 5.75 Å². The maximum absolute atomic E-state index is 7.82. The second kappa shape index (κ2) is 5.46. The first-order valence-corrected chi connectivity index (χ1v) is 4.08. The Morgan fingerprint density at radius 1 is 1.27 bits per heavy atom. The van der Waals surface area contributed by atoms with Crippen molar-refractivity contribution in [1.82, 2.24) is 0 Å². The number of methoxy groups -OCH3 is 3. The van der Waals surface area contributed by atoms with Crippen molar-refractivity contribution < 1.29 is 23.8 Å². The number of benzene rings is 1. The molecule has 1 aromatic carbocycles. The highest BCUT2D eigenvalue weighted by Gasteiger charge is 2.12. The molecule has 0 amide bonds. The topological polar surface area (TPSA) is 53.7 Å². The van der Waals surface area contributed by atoms with Crippen LogP contribution in [0.25, 0.3) is 0 Å². The minimum absolute atomic E-state index is 0.112. The first kappa shape index (κ1) is 5.07. The van der Waals surface area contributed by atoms with Crippen molar-refractivity contribution >= 4 is 0 Å². The zero-order valence-corrected chi connectivity index (χ0v) is 8.46. The summed E-state index contributed by atoms with van der Waals surface area (Å²) in [5.74, 6) is -0.459. The molecule has 0 bridgehead atoms. The fourth-order valence-electron chi connectivity index (χ4n) is 1.14. The second-order valence-corrected chi connectivity index (χ2v) is 2.58. The van der Waals surface area contributed by atoms with Gasteiger partial charge in [0.15, 0.2) is 11.5 Å². The van der Waals surface area contributed by atoms with E-state index in [-0.39, 0.29) is 22.8 Å². The Morgan fingerprint density at radius 2 is 1.87 bits per heavy atom. The lowest BCUT2D eigenvalue weighted by Crippen LogP contribution is -2.04. The molecule has 0 aliphatic rings. The van der Waals surface area contributed by atoms with Crippen molar-refractivity contribution in [1.29, 1.82) is 0 Å². The van der Waals surface area contributed by atoms with Crippen molar-refractivity contribution in [2.24, 2.45) is 5.73 Å². The van der Waals surface area contributed by atoms with Crippen LogP contribution in [0.1, 0.15) is 15.2 Å². The monoisotopic (exact) mass is 218 g/mol. The number of nitrogens with two attached hydrogens (primary N) is 1. The maximum atomic E-state index is 7.82. The SMILES string of the molecule is [2H]C([2H])([2H])Oc1c(OC)cc(C([2H])([2H])C([2H])([2H])N)cc1OC. The normalized spacial score (nSPS) is 19.5. The molecule has 0 saturated carbocycles. The van der Waals surface area contributed by atoms with Gasteiger partial charge in [0.1, 0.15) is 0 Å². The third kappa shape index (κ3) is 2.53. The van der Waals surface area contributed by atoms with Gasteiger partial charge in [-0.05, 0) is 30.6 Å². The molecule has 0 aliphatic heterocycles. The van der Waals surface area contributed by atoms with Crippen LogP contribution in [-0.4, -0.2) is 27.8 Å². The fraction of sp³-hybridized carbons (Fsp3) is 0.455. The molecular formula is C11H17NO3. The van der Waals surface area contributed by atoms with Gasteiger partial charge in [-0.1, -0.05) is 0 Å². The van der Waals surface area contributed by atoms with Crippen LogP contribution in [0.3, 0.4) is 0 Å². The summed E-state index contributed by atoms with van der Waals surface area (Å²) >= 11 is 0. The smallest absolute Gasteiger partial charge is 0.203 e. The predicted octanol–water partition coefficient (Wildman–Crippen LogP) is 1.21. The highest BCUT2D eigenvalue weighted by atomic mass is 16.5. The van der Waals surface area contributed by atoms with Crippen LogP contribution in [0.15, 0.2) is 12.1 Å². The molecule has 84 valence electrons. The highest BCUT2D eigenvalue weighted by Crippen LogP contribution is 2.38. The van der Waals surface area contributed by atoms with Crippen molar-refractivity contribution in [3.05, 3.63) is 17.7 Å². The van der Waals surface area contributed by atoms with Gasteiger partial charge in [0.25, 0.3) is 0 Å². The summed E-state index contributed by atoms with van der Waals surface area (Å²) < 4.78 is 66.6. The average Bonchev–Trinajstić information content (AvgIpc) is 2.35. The summed E-state index contributed by atoms with van der Waals surface area (Å²) in [6, 6.07) is 2.24. The quantitative estimate of drug-likeness (QED) is 0.807. The second-order valence-electron chi connectivity index (χ2n) is 2.58. The molecule has 2 N–H and O–H groups in total. The lowest BCUT2D eigenvalue weighted by molar-refractivity contribution is 0.324. The zero-order valence-electron chi connectivity index (χ0n) is 15.5. The molecule has 0 heterocycles. The Labute approximate surface area is 99.8 Å². The van der Waals surface area contributed by atoms with Gasteiger partial charge in [-0.3, -0.25) is 0 Å². The molecule has 4 heteroatoms. The lowest BCUT2D eigenvalue weighted by Gasteiger charge is -2.13. The van der Waals surface area contributed by atoms with Crippen LogP contribution in [0.4, 0.5) is 0 Å². The van der Waals surface area contributed by atoms with Gasteiger partial charge in [-0.25, -0.2) is 0 Å². The van der Waals surface area contributed by atoms with Crippen LogP contribution in [0.2, 0.25) is 0 Å². The fourth-order valence-corrected chi connectivity index (χ4v) is 1.14. The van der Waals surface area contributed by atoms with E-state index in [1.807, 2.05) is 0 Å². The number of hydrogen-bond donors (Lipinski definition) is 1. The van der Waals surface area contributed by atoms with E-state index in [9.17, 15) is 0 Å². The first-order chi connectivity index (χ1) is 9.83. The Bertz CT molecular complexity index is 514. The van der Waals surface area contributed by atoms with E-state index < -0.39 is 19.9 Å². The summed E-state index contributed by atoms with van der Waals surface area (Å²) in [5.41, 5.74) is 5.05. The zero-order chi connectivity index (χ0) is 17.3. The number of hydrogen-bond acceptors (Lipinski definition) is 4. The molecule has 1 aromatic rings. The minimum Gasteiger partial charge on any atom is -0.493 e. The molecule has 0 aromatic heterocycles. The molecule has 0 unspecified atom stereocenters. The van der Waals surface area contributed by atoms with E-state index in [0.29, 0.717) is 0 Å². The third-order valence-electron chi connectivity index (χ3n) is 1.78. The van der Waals surface area contributed by atoms with Crippen molar-refractivity contribution in [2.45, 2.75) is 6.37 Å². The van der Waals surface area contributed by atoms with Crippen LogP contribution < -0.4 is 19.9 Å². The molecule has 0 fully saturated rings. The predicted molar refractivity (Wildman–Crippen MR) is 58.9 cm³/mol. The first-order valence-electron chi connectivity index (χ1n) is 7.58. The Morgan fingerprint density at radius 3 is 2.27 bits per heavy atom. The number of ether oxygens (including phenoxy) is 3. The van der Waals surface area contributed by atoms with Crippen molar-refractivity contribution in [3.8, 4) is 17.2 Å². The third-order valence-corrected chi connectivity index (χ3v) is 1.78. The van der Waals surface area contributed by atoms with E-state index in [4.69, 9.17) is 29.5 Å². The lowest BCUT2D eigenvalue weighted by atomic mass is 10.1. The Balaban J connectivity index is 3.50. The van der Waals surface area contributed by atoms with Crippen LogP contribution in [0, 0.1) is 0 Å². The van der Waals surface area contributed by atoms with Crippen molar-refractivity contribution in [3.63, 3.8) is 0 Å². The summed E-state index contributed by atoms with van der Waals surface area (Å²) in [4.78, 5) is 0. The van der Waals surface area contributed by atoms with E-state index in [1.165, 1.54) is 14.2 Å². The maximum Gasteiger partial charge on any atom is 0.203 e. The van der Waals surface area contributed by atoms with Gasteiger partial charge < -0.3 is 19.9 Å². The van der Waals surface area contributed by atoms with Gasteiger partial charge in [-0.2, -0.15) is 0 Å². The summed E-state index contributed by atoms with van der Waals surface area (Å²) in [7, 11) is -0.293. The van der Waals surface area contributed by atoms with Crippen LogP contribution in [0.5, 0.6) is 17.2 Å². The van der Waals surface area contributed by atoms with E-state index in [1.54, 1.807) is 0 Å².